The molecule has 4 aromatic rings. The van der Waals surface area contributed by atoms with Gasteiger partial charge in [-0.25, -0.2) is 27.9 Å². The van der Waals surface area contributed by atoms with Gasteiger partial charge in [-0.05, 0) is 30.3 Å². The highest BCUT2D eigenvalue weighted by Crippen LogP contribution is 2.24. The molecule has 0 radical (unpaired) electrons. The second-order valence-corrected chi connectivity index (χ2v) is 8.12. The number of urea groups is 1. The van der Waals surface area contributed by atoms with Crippen LogP contribution in [-0.4, -0.2) is 53.1 Å². The average Bonchev–Trinajstić information content (AvgIpc) is 2.90. The number of hydrogen-bond acceptors (Lipinski definition) is 7. The number of nitrogens with zero attached hydrogens (tertiary/aromatic N) is 4. The number of ketones is 1. The summed E-state index contributed by atoms with van der Waals surface area (Å²) in [4.78, 5) is 40.2. The summed E-state index contributed by atoms with van der Waals surface area (Å²) in [6, 6.07) is 6.86. The van der Waals surface area contributed by atoms with Crippen LogP contribution < -0.4 is 15.5 Å². The van der Waals surface area contributed by atoms with Crippen LogP contribution in [0.1, 0.15) is 16.1 Å². The zero-order chi connectivity index (χ0) is 25.9. The van der Waals surface area contributed by atoms with E-state index in [1.54, 1.807) is 6.20 Å². The first-order valence-electron chi connectivity index (χ1n) is 11.2. The van der Waals surface area contributed by atoms with Crippen molar-refractivity contribution in [3.05, 3.63) is 83.6 Å². The summed E-state index contributed by atoms with van der Waals surface area (Å²) < 4.78 is 48.2. The molecule has 0 saturated carbocycles. The van der Waals surface area contributed by atoms with Gasteiger partial charge < -0.3 is 20.3 Å². The van der Waals surface area contributed by atoms with Crippen molar-refractivity contribution < 1.29 is 27.5 Å². The SMILES string of the molecule is O=C(Nc1cccc(F)c1)Nc1cc(F)cc(C(=O)c2cc3nc(N4CCOCC4)cnc3cn2)c1F. The van der Waals surface area contributed by atoms with E-state index in [0.717, 1.165) is 18.2 Å². The Labute approximate surface area is 208 Å². The molecule has 1 aliphatic heterocycles. The molecule has 0 spiro atoms. The molecule has 9 nitrogen and oxygen atoms in total. The molecule has 12 heteroatoms. The molecule has 188 valence electrons. The highest BCUT2D eigenvalue weighted by molar-refractivity contribution is 6.10. The van der Waals surface area contributed by atoms with Gasteiger partial charge in [-0.3, -0.25) is 9.78 Å². The molecule has 3 heterocycles. The second kappa shape index (κ2) is 10.2. The molecule has 2 aromatic carbocycles. The van der Waals surface area contributed by atoms with Crippen LogP contribution in [-0.2, 0) is 4.74 Å². The monoisotopic (exact) mass is 508 g/mol. The summed E-state index contributed by atoms with van der Waals surface area (Å²) >= 11 is 0. The van der Waals surface area contributed by atoms with E-state index in [1.165, 1.54) is 30.5 Å². The minimum Gasteiger partial charge on any atom is -0.378 e. The van der Waals surface area contributed by atoms with Gasteiger partial charge >= 0.3 is 6.03 Å². The Morgan fingerprint density at radius 3 is 2.49 bits per heavy atom. The summed E-state index contributed by atoms with van der Waals surface area (Å²) in [5.74, 6) is -3.02. The fourth-order valence-electron chi connectivity index (χ4n) is 3.81. The molecule has 1 fully saturated rings. The summed E-state index contributed by atoms with van der Waals surface area (Å²) in [6.45, 7) is 2.37. The van der Waals surface area contributed by atoms with Gasteiger partial charge in [0.2, 0.25) is 5.78 Å². The zero-order valence-electron chi connectivity index (χ0n) is 19.2. The first kappa shape index (κ1) is 24.1. The first-order chi connectivity index (χ1) is 17.9. The van der Waals surface area contributed by atoms with Crippen molar-refractivity contribution in [3.8, 4) is 0 Å². The number of amides is 2. The highest BCUT2D eigenvalue weighted by atomic mass is 19.1. The Balaban J connectivity index is 1.40. The number of aromatic nitrogens is 3. The number of carbonyl (C=O) groups excluding carboxylic acids is 2. The predicted molar refractivity (Wildman–Crippen MR) is 129 cm³/mol. The van der Waals surface area contributed by atoms with Gasteiger partial charge in [-0.1, -0.05) is 6.07 Å². The van der Waals surface area contributed by atoms with E-state index in [2.05, 4.69) is 25.6 Å². The van der Waals surface area contributed by atoms with Crippen molar-refractivity contribution in [2.75, 3.05) is 41.8 Å². The normalized spacial score (nSPS) is 13.4. The van der Waals surface area contributed by atoms with Crippen molar-refractivity contribution >= 4 is 40.0 Å². The number of carbonyl (C=O) groups is 2. The number of hydrogen-bond donors (Lipinski definition) is 2. The number of fused-ring (bicyclic) bond motifs is 1. The standard InChI is InChI=1S/C25H19F3N6O3/c26-14-2-1-3-16(8-14)31-25(36)33-19-10-15(27)9-17(23(19)28)24(35)20-11-18-21(12-29-20)30-13-22(32-18)34-4-6-37-7-5-34/h1-3,8-13H,4-7H2,(H2,31,33,36). The number of anilines is 3. The number of ether oxygens (including phenoxy) is 1. The van der Waals surface area contributed by atoms with Gasteiger partial charge in [0.1, 0.15) is 28.7 Å². The van der Waals surface area contributed by atoms with Gasteiger partial charge in [0.15, 0.2) is 5.82 Å². The van der Waals surface area contributed by atoms with Crippen LogP contribution in [0.3, 0.4) is 0 Å². The van der Waals surface area contributed by atoms with Gasteiger partial charge in [0.25, 0.3) is 0 Å². The molecule has 2 amide bonds. The number of halogens is 3. The Morgan fingerprint density at radius 2 is 1.70 bits per heavy atom. The van der Waals surface area contributed by atoms with E-state index < -0.39 is 40.5 Å². The maximum atomic E-state index is 15.2. The third-order valence-electron chi connectivity index (χ3n) is 5.60. The molecule has 0 atom stereocenters. The molecule has 0 aliphatic carbocycles. The molecule has 5 rings (SSSR count). The van der Waals surface area contributed by atoms with E-state index in [9.17, 15) is 18.4 Å². The molecular weight excluding hydrogens is 489 g/mol. The lowest BCUT2D eigenvalue weighted by atomic mass is 10.1. The molecule has 0 bridgehead atoms. The Bertz CT molecular complexity index is 1510. The zero-order valence-corrected chi connectivity index (χ0v) is 19.2. The summed E-state index contributed by atoms with van der Waals surface area (Å²) in [7, 11) is 0. The topological polar surface area (TPSA) is 109 Å². The number of morpholine rings is 1. The van der Waals surface area contributed by atoms with Gasteiger partial charge in [-0.2, -0.15) is 0 Å². The molecular formula is C25H19F3N6O3. The fourth-order valence-corrected chi connectivity index (χ4v) is 3.81. The number of rotatable bonds is 5. The minimum atomic E-state index is -1.16. The van der Waals surface area contributed by atoms with E-state index in [0.29, 0.717) is 43.2 Å². The van der Waals surface area contributed by atoms with Gasteiger partial charge in [0, 0.05) is 24.8 Å². The molecule has 37 heavy (non-hydrogen) atoms. The Hall–Kier alpha value is -4.58. The lowest BCUT2D eigenvalue weighted by Gasteiger charge is -2.27. The lowest BCUT2D eigenvalue weighted by molar-refractivity contribution is 0.103. The highest BCUT2D eigenvalue weighted by Gasteiger charge is 2.22. The average molecular weight is 508 g/mol. The quantitative estimate of drug-likeness (QED) is 0.390. The van der Waals surface area contributed by atoms with Crippen LogP contribution in [0.4, 0.5) is 35.2 Å². The van der Waals surface area contributed by atoms with Crippen molar-refractivity contribution in [2.24, 2.45) is 0 Å². The van der Waals surface area contributed by atoms with Crippen LogP contribution in [0.2, 0.25) is 0 Å². The largest absolute Gasteiger partial charge is 0.378 e. The Morgan fingerprint density at radius 1 is 0.892 bits per heavy atom. The van der Waals surface area contributed by atoms with E-state index in [1.807, 2.05) is 4.90 Å². The van der Waals surface area contributed by atoms with Crippen molar-refractivity contribution in [3.63, 3.8) is 0 Å². The molecule has 1 aliphatic rings. The minimum absolute atomic E-state index is 0.100. The first-order valence-corrected chi connectivity index (χ1v) is 11.2. The second-order valence-electron chi connectivity index (χ2n) is 8.12. The lowest BCUT2D eigenvalue weighted by Crippen LogP contribution is -2.36. The third kappa shape index (κ3) is 5.33. The van der Waals surface area contributed by atoms with Gasteiger partial charge in [0.05, 0.1) is 42.4 Å². The van der Waals surface area contributed by atoms with Crippen molar-refractivity contribution in [2.45, 2.75) is 0 Å². The fraction of sp³-hybridized carbons (Fsp3) is 0.160. The van der Waals surface area contributed by atoms with Crippen LogP contribution in [0.25, 0.3) is 11.0 Å². The third-order valence-corrected chi connectivity index (χ3v) is 5.60. The maximum Gasteiger partial charge on any atom is 0.323 e. The summed E-state index contributed by atoms with van der Waals surface area (Å²) in [5.41, 5.74) is -0.515. The van der Waals surface area contributed by atoms with Crippen LogP contribution in [0, 0.1) is 17.5 Å². The van der Waals surface area contributed by atoms with Crippen LogP contribution in [0.5, 0.6) is 0 Å². The predicted octanol–water partition coefficient (Wildman–Crippen LogP) is 4.15. The van der Waals surface area contributed by atoms with E-state index in [-0.39, 0.29) is 11.4 Å². The maximum absolute atomic E-state index is 15.2. The van der Waals surface area contributed by atoms with Crippen LogP contribution in [0.15, 0.2) is 54.9 Å². The number of pyridine rings is 1. The van der Waals surface area contributed by atoms with Crippen molar-refractivity contribution in [1.82, 2.24) is 15.0 Å². The molecule has 0 unspecified atom stereocenters. The van der Waals surface area contributed by atoms with Gasteiger partial charge in [-0.15, -0.1) is 0 Å². The van der Waals surface area contributed by atoms with E-state index in [4.69, 9.17) is 4.74 Å². The number of benzene rings is 2. The Kier molecular flexibility index (Phi) is 6.64. The molecule has 2 aromatic heterocycles. The summed E-state index contributed by atoms with van der Waals surface area (Å²) in [6.07, 6.45) is 2.91. The number of nitrogens with one attached hydrogen (secondary N) is 2. The summed E-state index contributed by atoms with van der Waals surface area (Å²) in [5, 5.41) is 4.45. The van der Waals surface area contributed by atoms with Crippen molar-refractivity contribution in [1.29, 1.82) is 0 Å². The van der Waals surface area contributed by atoms with E-state index >= 15 is 4.39 Å². The molecule has 1 saturated heterocycles. The van der Waals surface area contributed by atoms with Crippen LogP contribution >= 0.6 is 0 Å². The molecule has 2 N–H and O–H groups in total. The smallest absolute Gasteiger partial charge is 0.323 e.